The Balaban J connectivity index is 2.01. The van der Waals surface area contributed by atoms with Crippen molar-refractivity contribution in [3.05, 3.63) is 45.9 Å². The molecule has 7 heteroatoms. The van der Waals surface area contributed by atoms with E-state index in [4.69, 9.17) is 4.74 Å². The third-order valence-electron chi connectivity index (χ3n) is 3.28. The molecule has 0 fully saturated rings. The number of para-hydroxylation sites is 2. The van der Waals surface area contributed by atoms with Crippen molar-refractivity contribution in [2.45, 2.75) is 25.4 Å². The number of amides is 1. The van der Waals surface area contributed by atoms with E-state index in [1.807, 2.05) is 19.1 Å². The molecule has 1 heterocycles. The second-order valence-corrected chi connectivity index (χ2v) is 5.79. The Morgan fingerprint density at radius 2 is 2.13 bits per heavy atom. The maximum atomic E-state index is 12.0. The number of ether oxygens (including phenoxy) is 1. The summed E-state index contributed by atoms with van der Waals surface area (Å²) in [5.41, 5.74) is 1.84. The highest BCUT2D eigenvalue weighted by atomic mass is 32.2. The molecule has 0 bridgehead atoms. The number of aromatic nitrogens is 2. The Kier molecular flexibility index (Phi) is 5.81. The molecule has 2 N–H and O–H groups in total. The Morgan fingerprint density at radius 1 is 1.39 bits per heavy atom. The van der Waals surface area contributed by atoms with Gasteiger partial charge < -0.3 is 15.0 Å². The number of H-pyrrole nitrogens is 1. The predicted molar refractivity (Wildman–Crippen MR) is 91.3 cm³/mol. The molecular weight excluding hydrogens is 314 g/mol. The second-order valence-electron chi connectivity index (χ2n) is 4.83. The van der Waals surface area contributed by atoms with E-state index in [-0.39, 0.29) is 17.2 Å². The van der Waals surface area contributed by atoms with Gasteiger partial charge in [-0.15, -0.1) is 0 Å². The molecule has 0 saturated carbocycles. The number of hydrogen-bond donors (Lipinski definition) is 2. The normalized spacial score (nSPS) is 10.4. The number of rotatable bonds is 6. The highest BCUT2D eigenvalue weighted by Gasteiger charge is 2.10. The van der Waals surface area contributed by atoms with Crippen LogP contribution in [0.5, 0.6) is 5.75 Å². The molecule has 0 aliphatic heterocycles. The first-order valence-corrected chi connectivity index (χ1v) is 8.19. The molecule has 1 aromatic heterocycles. The molecule has 0 atom stereocenters. The SMILES string of the molecule is CCc1c(C)nc(SCC(=O)Nc2ccccc2OC)[nH]c1=O. The summed E-state index contributed by atoms with van der Waals surface area (Å²) in [6.07, 6.45) is 0.632. The lowest BCUT2D eigenvalue weighted by atomic mass is 10.2. The fraction of sp³-hybridized carbons (Fsp3) is 0.312. The Morgan fingerprint density at radius 3 is 2.78 bits per heavy atom. The number of thioether (sulfide) groups is 1. The third-order valence-corrected chi connectivity index (χ3v) is 4.15. The molecule has 1 amide bonds. The molecular formula is C16H19N3O3S. The van der Waals surface area contributed by atoms with Gasteiger partial charge in [0.05, 0.1) is 18.6 Å². The molecule has 122 valence electrons. The van der Waals surface area contributed by atoms with Gasteiger partial charge in [-0.05, 0) is 25.5 Å². The molecule has 0 spiro atoms. The molecule has 2 rings (SSSR count). The lowest BCUT2D eigenvalue weighted by Gasteiger charge is -2.09. The summed E-state index contributed by atoms with van der Waals surface area (Å²) < 4.78 is 5.18. The standard InChI is InChI=1S/C16H19N3O3S/c1-4-11-10(2)17-16(19-15(11)21)23-9-14(20)18-12-7-5-6-8-13(12)22-3/h5-8H,4,9H2,1-3H3,(H,18,20)(H,17,19,21). The first kappa shape index (κ1) is 17.1. The summed E-state index contributed by atoms with van der Waals surface area (Å²) in [6, 6.07) is 7.18. The number of nitrogens with one attached hydrogen (secondary N) is 2. The maximum absolute atomic E-state index is 12.0. The summed E-state index contributed by atoms with van der Waals surface area (Å²) in [7, 11) is 1.55. The lowest BCUT2D eigenvalue weighted by Crippen LogP contribution is -2.18. The van der Waals surface area contributed by atoms with E-state index in [9.17, 15) is 9.59 Å². The number of carbonyl (C=O) groups is 1. The van der Waals surface area contributed by atoms with Crippen LogP contribution in [0.2, 0.25) is 0 Å². The number of benzene rings is 1. The number of methoxy groups -OCH3 is 1. The van der Waals surface area contributed by atoms with Gasteiger partial charge in [-0.2, -0.15) is 0 Å². The minimum Gasteiger partial charge on any atom is -0.495 e. The van der Waals surface area contributed by atoms with Crippen molar-refractivity contribution in [1.29, 1.82) is 0 Å². The number of carbonyl (C=O) groups excluding carboxylic acids is 1. The van der Waals surface area contributed by atoms with Gasteiger partial charge in [0, 0.05) is 11.3 Å². The molecule has 0 radical (unpaired) electrons. The largest absolute Gasteiger partial charge is 0.495 e. The zero-order chi connectivity index (χ0) is 16.8. The first-order chi connectivity index (χ1) is 11.0. The zero-order valence-electron chi connectivity index (χ0n) is 13.3. The number of aromatic amines is 1. The van der Waals surface area contributed by atoms with E-state index in [0.717, 1.165) is 0 Å². The molecule has 6 nitrogen and oxygen atoms in total. The van der Waals surface area contributed by atoms with E-state index in [1.165, 1.54) is 11.8 Å². The fourth-order valence-corrected chi connectivity index (χ4v) is 2.84. The van der Waals surface area contributed by atoms with Gasteiger partial charge in [-0.3, -0.25) is 9.59 Å². The van der Waals surface area contributed by atoms with Gasteiger partial charge in [-0.1, -0.05) is 30.8 Å². The number of anilines is 1. The van der Waals surface area contributed by atoms with Gasteiger partial charge in [0.25, 0.3) is 5.56 Å². The molecule has 23 heavy (non-hydrogen) atoms. The highest BCUT2D eigenvalue weighted by Crippen LogP contribution is 2.23. The number of aryl methyl sites for hydroxylation is 1. The van der Waals surface area contributed by atoms with Crippen molar-refractivity contribution >= 4 is 23.4 Å². The summed E-state index contributed by atoms with van der Waals surface area (Å²) >= 11 is 1.19. The van der Waals surface area contributed by atoms with Crippen LogP contribution in [0, 0.1) is 6.92 Å². The van der Waals surface area contributed by atoms with Gasteiger partial charge in [0.2, 0.25) is 5.91 Å². The summed E-state index contributed by atoms with van der Waals surface area (Å²) in [5, 5.41) is 3.22. The molecule has 2 aromatic rings. The van der Waals surface area contributed by atoms with Crippen molar-refractivity contribution < 1.29 is 9.53 Å². The number of nitrogens with zero attached hydrogens (tertiary/aromatic N) is 1. The topological polar surface area (TPSA) is 84.1 Å². The quantitative estimate of drug-likeness (QED) is 0.626. The van der Waals surface area contributed by atoms with Crippen molar-refractivity contribution in [1.82, 2.24) is 9.97 Å². The Labute approximate surface area is 138 Å². The third kappa shape index (κ3) is 4.35. The van der Waals surface area contributed by atoms with Crippen molar-refractivity contribution in [3.63, 3.8) is 0 Å². The Bertz CT molecular complexity index is 758. The van der Waals surface area contributed by atoms with Crippen LogP contribution in [0.1, 0.15) is 18.2 Å². The van der Waals surface area contributed by atoms with E-state index in [1.54, 1.807) is 26.2 Å². The molecule has 1 aromatic carbocycles. The second kappa shape index (κ2) is 7.82. The van der Waals surface area contributed by atoms with Crippen LogP contribution in [0.15, 0.2) is 34.2 Å². The van der Waals surface area contributed by atoms with Gasteiger partial charge in [-0.25, -0.2) is 4.98 Å². The van der Waals surface area contributed by atoms with Crippen molar-refractivity contribution in [3.8, 4) is 5.75 Å². The summed E-state index contributed by atoms with van der Waals surface area (Å²) in [6.45, 7) is 3.71. The van der Waals surface area contributed by atoms with Crippen molar-refractivity contribution in [2.24, 2.45) is 0 Å². The van der Waals surface area contributed by atoms with E-state index >= 15 is 0 Å². The molecule has 0 saturated heterocycles. The summed E-state index contributed by atoms with van der Waals surface area (Å²) in [5.74, 6) is 0.547. The minimum atomic E-state index is -0.195. The van der Waals surface area contributed by atoms with Gasteiger partial charge in [0.1, 0.15) is 5.75 Å². The maximum Gasteiger partial charge on any atom is 0.254 e. The molecule has 0 unspecified atom stereocenters. The summed E-state index contributed by atoms with van der Waals surface area (Å²) in [4.78, 5) is 30.9. The highest BCUT2D eigenvalue weighted by molar-refractivity contribution is 7.99. The molecule has 0 aliphatic carbocycles. The number of hydrogen-bond acceptors (Lipinski definition) is 5. The van der Waals surface area contributed by atoms with E-state index < -0.39 is 0 Å². The van der Waals surface area contributed by atoms with Crippen LogP contribution >= 0.6 is 11.8 Å². The van der Waals surface area contributed by atoms with Gasteiger partial charge >= 0.3 is 0 Å². The monoisotopic (exact) mass is 333 g/mol. The smallest absolute Gasteiger partial charge is 0.254 e. The van der Waals surface area contributed by atoms with Crippen LogP contribution in [0.4, 0.5) is 5.69 Å². The van der Waals surface area contributed by atoms with Crippen LogP contribution in [-0.4, -0.2) is 28.7 Å². The van der Waals surface area contributed by atoms with Crippen LogP contribution in [0.25, 0.3) is 0 Å². The van der Waals surface area contributed by atoms with Crippen molar-refractivity contribution in [2.75, 3.05) is 18.2 Å². The lowest BCUT2D eigenvalue weighted by molar-refractivity contribution is -0.113. The van der Waals surface area contributed by atoms with Crippen LogP contribution < -0.4 is 15.6 Å². The van der Waals surface area contributed by atoms with Gasteiger partial charge in [0.15, 0.2) is 5.16 Å². The van der Waals surface area contributed by atoms with E-state index in [2.05, 4.69) is 15.3 Å². The first-order valence-electron chi connectivity index (χ1n) is 7.20. The van der Waals surface area contributed by atoms with E-state index in [0.29, 0.717) is 34.3 Å². The Hall–Kier alpha value is -2.28. The predicted octanol–water partition coefficient (Wildman–Crippen LogP) is 2.38. The zero-order valence-corrected chi connectivity index (χ0v) is 14.1. The minimum absolute atomic E-state index is 0.145. The van der Waals surface area contributed by atoms with Crippen LogP contribution in [-0.2, 0) is 11.2 Å². The average Bonchev–Trinajstić information content (AvgIpc) is 2.53. The molecule has 0 aliphatic rings. The average molecular weight is 333 g/mol. The van der Waals surface area contributed by atoms with Crippen LogP contribution in [0.3, 0.4) is 0 Å². The fourth-order valence-electron chi connectivity index (χ4n) is 2.14.